The Labute approximate surface area is 171 Å². The fourth-order valence-electron chi connectivity index (χ4n) is 4.17. The molecule has 0 saturated carbocycles. The number of nitrogens with zero attached hydrogens (tertiary/aromatic N) is 3. The van der Waals surface area contributed by atoms with Crippen LogP contribution in [0.2, 0.25) is 5.02 Å². The van der Waals surface area contributed by atoms with E-state index < -0.39 is 0 Å². The number of piperidine rings is 1. The molecule has 146 valence electrons. The predicted octanol–water partition coefficient (Wildman–Crippen LogP) is 4.89. The largest absolute Gasteiger partial charge is 0.292 e. The molecule has 2 heterocycles. The van der Waals surface area contributed by atoms with Gasteiger partial charge in [-0.1, -0.05) is 66.6 Å². The van der Waals surface area contributed by atoms with Crippen LogP contribution < -0.4 is 0 Å². The zero-order chi connectivity index (χ0) is 19.5. The Bertz CT molecular complexity index is 867. The van der Waals surface area contributed by atoms with Gasteiger partial charge in [0.25, 0.3) is 5.91 Å². The van der Waals surface area contributed by atoms with Crippen LogP contribution >= 0.6 is 11.6 Å². The molecule has 5 heteroatoms. The number of halogens is 1. The summed E-state index contributed by atoms with van der Waals surface area (Å²) in [5.41, 5.74) is 2.95. The van der Waals surface area contributed by atoms with Crippen molar-refractivity contribution in [2.75, 3.05) is 13.1 Å². The summed E-state index contributed by atoms with van der Waals surface area (Å²) in [7, 11) is 0. The van der Waals surface area contributed by atoms with E-state index in [0.717, 1.165) is 36.2 Å². The first-order valence-corrected chi connectivity index (χ1v) is 10.4. The Kier molecular flexibility index (Phi) is 5.79. The highest BCUT2D eigenvalue weighted by atomic mass is 35.5. The first-order chi connectivity index (χ1) is 13.6. The fraction of sp³-hybridized carbons (Fsp3) is 0.391. The fourth-order valence-corrected chi connectivity index (χ4v) is 4.43. The molecule has 0 N–H and O–H groups in total. The second-order valence-electron chi connectivity index (χ2n) is 7.71. The van der Waals surface area contributed by atoms with Crippen LogP contribution in [-0.4, -0.2) is 40.7 Å². The number of carbonyl (C=O) groups is 1. The monoisotopic (exact) mass is 395 g/mol. The minimum atomic E-state index is -0.156. The number of benzene rings is 2. The molecule has 2 aliphatic heterocycles. The van der Waals surface area contributed by atoms with Crippen molar-refractivity contribution in [3.63, 3.8) is 0 Å². The molecule has 0 aromatic heterocycles. The summed E-state index contributed by atoms with van der Waals surface area (Å²) < 4.78 is 0. The van der Waals surface area contributed by atoms with Crippen molar-refractivity contribution in [1.29, 1.82) is 0 Å². The summed E-state index contributed by atoms with van der Waals surface area (Å²) in [4.78, 5) is 15.5. The van der Waals surface area contributed by atoms with Gasteiger partial charge < -0.3 is 0 Å². The maximum Gasteiger partial charge on any atom is 0.257 e. The molecule has 28 heavy (non-hydrogen) atoms. The van der Waals surface area contributed by atoms with Gasteiger partial charge in [-0.2, -0.15) is 5.10 Å². The van der Waals surface area contributed by atoms with Gasteiger partial charge >= 0.3 is 0 Å². The van der Waals surface area contributed by atoms with Crippen LogP contribution in [0.4, 0.5) is 0 Å². The third kappa shape index (κ3) is 3.98. The SMILES string of the molecule is CC1CCCCN1CC(=O)N1N=C(c2ccccc2)CC1c1ccccc1Cl. The lowest BCUT2D eigenvalue weighted by Gasteiger charge is -2.34. The van der Waals surface area contributed by atoms with Crippen LogP contribution in [0.25, 0.3) is 0 Å². The van der Waals surface area contributed by atoms with Gasteiger partial charge in [0.05, 0.1) is 18.3 Å². The number of hydrazone groups is 1. The van der Waals surface area contributed by atoms with E-state index in [1.54, 1.807) is 5.01 Å². The van der Waals surface area contributed by atoms with E-state index in [-0.39, 0.29) is 11.9 Å². The maximum atomic E-state index is 13.3. The number of rotatable bonds is 4. The van der Waals surface area contributed by atoms with E-state index in [2.05, 4.69) is 11.8 Å². The van der Waals surface area contributed by atoms with Gasteiger partial charge in [0, 0.05) is 17.5 Å². The highest BCUT2D eigenvalue weighted by molar-refractivity contribution is 6.31. The average Bonchev–Trinajstić information content (AvgIpc) is 3.16. The highest BCUT2D eigenvalue weighted by Crippen LogP contribution is 2.36. The van der Waals surface area contributed by atoms with E-state index >= 15 is 0 Å². The van der Waals surface area contributed by atoms with Gasteiger partial charge in [-0.3, -0.25) is 9.69 Å². The van der Waals surface area contributed by atoms with Crippen molar-refractivity contribution in [1.82, 2.24) is 9.91 Å². The summed E-state index contributed by atoms with van der Waals surface area (Å²) in [5, 5.41) is 7.12. The van der Waals surface area contributed by atoms with E-state index in [1.807, 2.05) is 54.6 Å². The number of carbonyl (C=O) groups excluding carboxylic acids is 1. The molecule has 4 rings (SSSR count). The topological polar surface area (TPSA) is 35.9 Å². The first kappa shape index (κ1) is 19.2. The van der Waals surface area contributed by atoms with Crippen molar-refractivity contribution in [2.45, 2.75) is 44.7 Å². The van der Waals surface area contributed by atoms with Gasteiger partial charge in [0.2, 0.25) is 0 Å². The van der Waals surface area contributed by atoms with Crippen molar-refractivity contribution >= 4 is 23.2 Å². The molecule has 2 aromatic rings. The number of hydrogen-bond acceptors (Lipinski definition) is 3. The van der Waals surface area contributed by atoms with Crippen LogP contribution in [0.15, 0.2) is 59.7 Å². The average molecular weight is 396 g/mol. The number of likely N-dealkylation sites (tertiary alicyclic amines) is 1. The summed E-state index contributed by atoms with van der Waals surface area (Å²) in [6, 6.07) is 18.1. The van der Waals surface area contributed by atoms with Gasteiger partial charge in [0.1, 0.15) is 0 Å². The zero-order valence-corrected chi connectivity index (χ0v) is 17.0. The molecule has 2 atom stereocenters. The number of hydrogen-bond donors (Lipinski definition) is 0. The summed E-state index contributed by atoms with van der Waals surface area (Å²) in [5.74, 6) is 0.0459. The molecular weight excluding hydrogens is 370 g/mol. The molecule has 2 aromatic carbocycles. The first-order valence-electron chi connectivity index (χ1n) is 10.1. The molecular formula is C23H26ClN3O. The molecule has 0 bridgehead atoms. The lowest BCUT2D eigenvalue weighted by molar-refractivity contribution is -0.135. The standard InChI is InChI=1S/C23H26ClN3O/c1-17-9-7-8-14-26(17)16-23(28)27-22(19-12-5-6-13-20(19)24)15-21(25-27)18-10-3-2-4-11-18/h2-6,10-13,17,22H,7-9,14-16H2,1H3. The second-order valence-corrected chi connectivity index (χ2v) is 8.11. The summed E-state index contributed by atoms with van der Waals surface area (Å²) in [6.07, 6.45) is 4.23. The van der Waals surface area contributed by atoms with Crippen LogP contribution in [0.1, 0.15) is 49.8 Å². The highest BCUT2D eigenvalue weighted by Gasteiger charge is 2.35. The molecule has 0 aliphatic carbocycles. The van der Waals surface area contributed by atoms with E-state index in [1.165, 1.54) is 6.42 Å². The van der Waals surface area contributed by atoms with E-state index in [4.69, 9.17) is 16.7 Å². The summed E-state index contributed by atoms with van der Waals surface area (Å²) in [6.45, 7) is 3.60. The Morgan fingerprint density at radius 1 is 1.11 bits per heavy atom. The minimum Gasteiger partial charge on any atom is -0.292 e. The van der Waals surface area contributed by atoms with Crippen molar-refractivity contribution in [2.24, 2.45) is 5.10 Å². The Balaban J connectivity index is 1.62. The molecule has 0 spiro atoms. The normalized spacial score (nSPS) is 22.9. The van der Waals surface area contributed by atoms with Gasteiger partial charge in [-0.15, -0.1) is 0 Å². The number of amides is 1. The molecule has 4 nitrogen and oxygen atoms in total. The van der Waals surface area contributed by atoms with Gasteiger partial charge in [-0.05, 0) is 43.5 Å². The molecule has 1 saturated heterocycles. The van der Waals surface area contributed by atoms with Crippen LogP contribution in [0.3, 0.4) is 0 Å². The lowest BCUT2D eigenvalue weighted by Crippen LogP contribution is -2.44. The van der Waals surface area contributed by atoms with Crippen LogP contribution in [-0.2, 0) is 4.79 Å². The molecule has 1 fully saturated rings. The van der Waals surface area contributed by atoms with Gasteiger partial charge in [0.15, 0.2) is 0 Å². The zero-order valence-electron chi connectivity index (χ0n) is 16.2. The molecule has 2 aliphatic rings. The van der Waals surface area contributed by atoms with Crippen LogP contribution in [0.5, 0.6) is 0 Å². The molecule has 1 amide bonds. The van der Waals surface area contributed by atoms with Gasteiger partial charge in [-0.25, -0.2) is 5.01 Å². The third-order valence-corrected chi connectivity index (χ3v) is 6.16. The predicted molar refractivity (Wildman–Crippen MR) is 114 cm³/mol. The Hall–Kier alpha value is -2.17. The Morgan fingerprint density at radius 2 is 1.86 bits per heavy atom. The van der Waals surface area contributed by atoms with E-state index in [9.17, 15) is 4.79 Å². The maximum absolute atomic E-state index is 13.3. The van der Waals surface area contributed by atoms with Crippen molar-refractivity contribution in [3.05, 3.63) is 70.7 Å². The summed E-state index contributed by atoms with van der Waals surface area (Å²) >= 11 is 6.48. The van der Waals surface area contributed by atoms with E-state index in [0.29, 0.717) is 24.0 Å². The lowest BCUT2D eigenvalue weighted by atomic mass is 9.98. The Morgan fingerprint density at radius 3 is 2.61 bits per heavy atom. The van der Waals surface area contributed by atoms with Crippen LogP contribution in [0, 0.1) is 0 Å². The smallest absolute Gasteiger partial charge is 0.257 e. The second kappa shape index (κ2) is 8.46. The minimum absolute atomic E-state index is 0.0459. The molecule has 2 unspecified atom stereocenters. The quantitative estimate of drug-likeness (QED) is 0.738. The molecule has 0 radical (unpaired) electrons. The third-order valence-electron chi connectivity index (χ3n) is 5.82. The van der Waals surface area contributed by atoms with Crippen molar-refractivity contribution in [3.8, 4) is 0 Å². The van der Waals surface area contributed by atoms with Crippen molar-refractivity contribution < 1.29 is 4.79 Å².